The molecule has 0 spiro atoms. The monoisotopic (exact) mass is 330 g/mol. The Hall–Kier alpha value is -3.09. The lowest BCUT2D eigenvalue weighted by molar-refractivity contribution is -0.385. The fraction of sp³-hybridized carbons (Fsp3) is 0.235. The van der Waals surface area contributed by atoms with Gasteiger partial charge in [0.25, 0.3) is 11.6 Å². The molecule has 0 bridgehead atoms. The number of methoxy groups -OCH3 is 2. The van der Waals surface area contributed by atoms with E-state index in [1.54, 1.807) is 7.05 Å². The molecule has 0 atom stereocenters. The Kier molecular flexibility index (Phi) is 5.36. The molecule has 0 aliphatic rings. The van der Waals surface area contributed by atoms with Crippen LogP contribution in [0.1, 0.15) is 15.9 Å². The summed E-state index contributed by atoms with van der Waals surface area (Å²) in [7, 11) is 4.38. The van der Waals surface area contributed by atoms with Crippen LogP contribution >= 0.6 is 0 Å². The van der Waals surface area contributed by atoms with E-state index in [0.717, 1.165) is 5.56 Å². The van der Waals surface area contributed by atoms with Gasteiger partial charge in [-0.2, -0.15) is 0 Å². The number of carbonyl (C=O) groups is 1. The van der Waals surface area contributed by atoms with Crippen LogP contribution in [0.4, 0.5) is 5.69 Å². The van der Waals surface area contributed by atoms with E-state index in [9.17, 15) is 14.9 Å². The summed E-state index contributed by atoms with van der Waals surface area (Å²) in [6.07, 6.45) is 0. The van der Waals surface area contributed by atoms with Crippen molar-refractivity contribution >= 4 is 11.6 Å². The van der Waals surface area contributed by atoms with Gasteiger partial charge in [0.2, 0.25) is 0 Å². The van der Waals surface area contributed by atoms with Crippen LogP contribution in [0.5, 0.6) is 11.5 Å². The van der Waals surface area contributed by atoms with Crippen LogP contribution in [0.15, 0.2) is 42.5 Å². The average Bonchev–Trinajstić information content (AvgIpc) is 2.60. The summed E-state index contributed by atoms with van der Waals surface area (Å²) >= 11 is 0. The predicted molar refractivity (Wildman–Crippen MR) is 88.4 cm³/mol. The van der Waals surface area contributed by atoms with Crippen LogP contribution in [-0.2, 0) is 6.54 Å². The van der Waals surface area contributed by atoms with Crippen molar-refractivity contribution in [3.05, 3.63) is 63.7 Å². The number of hydrogen-bond acceptors (Lipinski definition) is 5. The second-order valence-corrected chi connectivity index (χ2v) is 5.13. The SMILES string of the molecule is COc1cc(C(=O)N(C)Cc2ccccc2)c([N+](=O)[O-])cc1OC. The van der Waals surface area contributed by atoms with E-state index in [1.165, 1.54) is 31.3 Å². The number of nitrogens with zero attached hydrogens (tertiary/aromatic N) is 2. The lowest BCUT2D eigenvalue weighted by atomic mass is 10.1. The predicted octanol–water partition coefficient (Wildman–Crippen LogP) is 2.88. The van der Waals surface area contributed by atoms with Gasteiger partial charge in [-0.3, -0.25) is 14.9 Å². The molecule has 0 aliphatic heterocycles. The molecule has 7 nitrogen and oxygen atoms in total. The van der Waals surface area contributed by atoms with Crippen molar-refractivity contribution in [2.75, 3.05) is 21.3 Å². The van der Waals surface area contributed by atoms with Crippen molar-refractivity contribution in [3.63, 3.8) is 0 Å². The number of amides is 1. The molecule has 24 heavy (non-hydrogen) atoms. The zero-order valence-electron chi connectivity index (χ0n) is 13.7. The van der Waals surface area contributed by atoms with E-state index in [4.69, 9.17) is 9.47 Å². The molecule has 0 unspecified atom stereocenters. The first-order chi connectivity index (χ1) is 11.5. The van der Waals surface area contributed by atoms with Crippen molar-refractivity contribution in [2.24, 2.45) is 0 Å². The Morgan fingerprint density at radius 3 is 2.25 bits per heavy atom. The van der Waals surface area contributed by atoms with Crippen LogP contribution in [0, 0.1) is 10.1 Å². The summed E-state index contributed by atoms with van der Waals surface area (Å²) < 4.78 is 10.2. The maximum absolute atomic E-state index is 12.7. The van der Waals surface area contributed by atoms with Gasteiger partial charge in [-0.05, 0) is 5.56 Å². The van der Waals surface area contributed by atoms with E-state index in [1.807, 2.05) is 30.3 Å². The number of ether oxygens (including phenoxy) is 2. The van der Waals surface area contributed by atoms with Gasteiger partial charge in [0.1, 0.15) is 5.56 Å². The Morgan fingerprint density at radius 2 is 1.71 bits per heavy atom. The number of nitro groups is 1. The van der Waals surface area contributed by atoms with E-state index in [-0.39, 0.29) is 22.7 Å². The van der Waals surface area contributed by atoms with E-state index in [0.29, 0.717) is 6.54 Å². The van der Waals surface area contributed by atoms with Crippen molar-refractivity contribution < 1.29 is 19.2 Å². The van der Waals surface area contributed by atoms with Crippen molar-refractivity contribution in [1.82, 2.24) is 4.90 Å². The molecule has 0 aliphatic carbocycles. The van der Waals surface area contributed by atoms with Crippen LogP contribution < -0.4 is 9.47 Å². The highest BCUT2D eigenvalue weighted by Gasteiger charge is 2.26. The average molecular weight is 330 g/mol. The topological polar surface area (TPSA) is 81.9 Å². The molecule has 0 heterocycles. The van der Waals surface area contributed by atoms with Gasteiger partial charge in [-0.15, -0.1) is 0 Å². The zero-order chi connectivity index (χ0) is 17.7. The van der Waals surface area contributed by atoms with Gasteiger partial charge in [0, 0.05) is 19.7 Å². The van der Waals surface area contributed by atoms with Crippen LogP contribution in [0.3, 0.4) is 0 Å². The molecule has 0 aromatic heterocycles. The minimum atomic E-state index is -0.606. The Balaban J connectivity index is 2.38. The lowest BCUT2D eigenvalue weighted by Crippen LogP contribution is -2.27. The molecular formula is C17H18N2O5. The lowest BCUT2D eigenvalue weighted by Gasteiger charge is -2.18. The van der Waals surface area contributed by atoms with Gasteiger partial charge in [-0.25, -0.2) is 0 Å². The summed E-state index contributed by atoms with van der Waals surface area (Å²) in [5, 5.41) is 11.3. The summed E-state index contributed by atoms with van der Waals surface area (Å²) in [6, 6.07) is 11.9. The summed E-state index contributed by atoms with van der Waals surface area (Å²) in [4.78, 5) is 24.8. The maximum atomic E-state index is 12.7. The summed E-state index contributed by atoms with van der Waals surface area (Å²) in [5.74, 6) is -0.00229. The van der Waals surface area contributed by atoms with Crippen LogP contribution in [-0.4, -0.2) is 37.0 Å². The minimum Gasteiger partial charge on any atom is -0.493 e. The van der Waals surface area contributed by atoms with Gasteiger partial charge >= 0.3 is 0 Å². The van der Waals surface area contributed by atoms with Gasteiger partial charge in [-0.1, -0.05) is 30.3 Å². The molecule has 7 heteroatoms. The van der Waals surface area contributed by atoms with E-state index in [2.05, 4.69) is 0 Å². The minimum absolute atomic E-state index is 0.0453. The normalized spacial score (nSPS) is 10.1. The number of carbonyl (C=O) groups excluding carboxylic acids is 1. The smallest absolute Gasteiger partial charge is 0.286 e. The van der Waals surface area contributed by atoms with E-state index >= 15 is 0 Å². The third kappa shape index (κ3) is 3.62. The summed E-state index contributed by atoms with van der Waals surface area (Å²) in [5.41, 5.74) is 0.560. The maximum Gasteiger partial charge on any atom is 0.286 e. The molecule has 0 N–H and O–H groups in total. The molecular weight excluding hydrogens is 312 g/mol. The molecule has 126 valence electrons. The number of nitro benzene ring substituents is 1. The number of hydrogen-bond donors (Lipinski definition) is 0. The van der Waals surface area contributed by atoms with Crippen LogP contribution in [0.2, 0.25) is 0 Å². The molecule has 0 fully saturated rings. The number of benzene rings is 2. The molecule has 2 rings (SSSR count). The summed E-state index contributed by atoms with van der Waals surface area (Å²) in [6.45, 7) is 0.338. The first kappa shape index (κ1) is 17.3. The zero-order valence-corrected chi connectivity index (χ0v) is 13.7. The first-order valence-corrected chi connectivity index (χ1v) is 7.17. The molecule has 0 radical (unpaired) electrons. The number of rotatable bonds is 6. The highest BCUT2D eigenvalue weighted by molar-refractivity contribution is 5.98. The third-order valence-electron chi connectivity index (χ3n) is 3.54. The fourth-order valence-electron chi connectivity index (χ4n) is 2.33. The van der Waals surface area contributed by atoms with E-state index < -0.39 is 10.8 Å². The third-order valence-corrected chi connectivity index (χ3v) is 3.54. The Morgan fingerprint density at radius 1 is 1.12 bits per heavy atom. The van der Waals surface area contributed by atoms with Crippen molar-refractivity contribution in [2.45, 2.75) is 6.54 Å². The molecule has 0 saturated heterocycles. The highest BCUT2D eigenvalue weighted by atomic mass is 16.6. The molecule has 2 aromatic rings. The van der Waals surface area contributed by atoms with Gasteiger partial charge < -0.3 is 14.4 Å². The molecule has 1 amide bonds. The Bertz CT molecular complexity index is 746. The van der Waals surface area contributed by atoms with Crippen molar-refractivity contribution in [1.29, 1.82) is 0 Å². The fourth-order valence-corrected chi connectivity index (χ4v) is 2.33. The van der Waals surface area contributed by atoms with Crippen molar-refractivity contribution in [3.8, 4) is 11.5 Å². The quantitative estimate of drug-likeness (QED) is 0.601. The van der Waals surface area contributed by atoms with Gasteiger partial charge in [0.15, 0.2) is 11.5 Å². The second-order valence-electron chi connectivity index (χ2n) is 5.13. The van der Waals surface area contributed by atoms with Gasteiger partial charge in [0.05, 0.1) is 25.2 Å². The largest absolute Gasteiger partial charge is 0.493 e. The first-order valence-electron chi connectivity index (χ1n) is 7.17. The Labute approximate surface area is 139 Å². The second kappa shape index (κ2) is 7.45. The molecule has 0 saturated carbocycles. The molecule has 2 aromatic carbocycles. The standard InChI is InChI=1S/C17H18N2O5/c1-18(11-12-7-5-4-6-8-12)17(20)13-9-15(23-2)16(24-3)10-14(13)19(21)22/h4-10H,11H2,1-3H3. The van der Waals surface area contributed by atoms with Crippen LogP contribution in [0.25, 0.3) is 0 Å². The highest BCUT2D eigenvalue weighted by Crippen LogP contribution is 2.35.